The molecule has 1 N–H and O–H groups in total. The Morgan fingerprint density at radius 3 is 2.27 bits per heavy atom. The highest BCUT2D eigenvalue weighted by molar-refractivity contribution is 6.20. The van der Waals surface area contributed by atoms with E-state index >= 15 is 0 Å². The fraction of sp³-hybridized carbons (Fsp3) is 0.333. The number of benzene rings is 1. The monoisotopic (exact) mass is 170 g/mol. The molecule has 0 aliphatic carbocycles. The van der Waals surface area contributed by atoms with E-state index in [9.17, 15) is 5.11 Å². The molecule has 0 aliphatic rings. The Labute approximate surface area is 71.6 Å². The molecule has 0 saturated carbocycles. The number of alkyl halides is 1. The molecule has 1 aromatic carbocycles. The Morgan fingerprint density at radius 1 is 1.27 bits per heavy atom. The minimum atomic E-state index is -0.558. The normalized spacial score (nSPS) is 15.9. The molecule has 11 heavy (non-hydrogen) atoms. The van der Waals surface area contributed by atoms with Gasteiger partial charge in [0.15, 0.2) is 0 Å². The van der Waals surface area contributed by atoms with Crippen LogP contribution in [0.5, 0.6) is 0 Å². The zero-order valence-corrected chi connectivity index (χ0v) is 7.12. The van der Waals surface area contributed by atoms with Crippen molar-refractivity contribution in [1.29, 1.82) is 0 Å². The van der Waals surface area contributed by atoms with Gasteiger partial charge < -0.3 is 5.11 Å². The maximum atomic E-state index is 9.47. The van der Waals surface area contributed by atoms with Crippen molar-refractivity contribution in [2.45, 2.75) is 18.4 Å². The molecule has 1 nitrogen and oxygen atoms in total. The summed E-state index contributed by atoms with van der Waals surface area (Å²) in [5.74, 6) is 0. The molecule has 0 bridgehead atoms. The maximum absolute atomic E-state index is 9.47. The first kappa shape index (κ1) is 8.57. The van der Waals surface area contributed by atoms with Gasteiger partial charge in [0.25, 0.3) is 0 Å². The van der Waals surface area contributed by atoms with Gasteiger partial charge in [-0.1, -0.05) is 30.3 Å². The quantitative estimate of drug-likeness (QED) is 0.676. The van der Waals surface area contributed by atoms with Crippen LogP contribution in [-0.2, 0) is 0 Å². The largest absolute Gasteiger partial charge is 0.387 e. The summed E-state index contributed by atoms with van der Waals surface area (Å²) in [4.78, 5) is 0. The van der Waals surface area contributed by atoms with Crippen LogP contribution in [-0.4, -0.2) is 10.5 Å². The molecule has 0 saturated heterocycles. The third-order valence-corrected chi connectivity index (χ3v) is 1.81. The number of hydrogen-bond donors (Lipinski definition) is 1. The maximum Gasteiger partial charge on any atom is 0.0950 e. The van der Waals surface area contributed by atoms with Crippen molar-refractivity contribution in [2.24, 2.45) is 0 Å². The van der Waals surface area contributed by atoms with Gasteiger partial charge in [0.1, 0.15) is 0 Å². The lowest BCUT2D eigenvalue weighted by atomic mass is 10.1. The van der Waals surface area contributed by atoms with Crippen LogP contribution in [0.15, 0.2) is 30.3 Å². The van der Waals surface area contributed by atoms with Crippen molar-refractivity contribution in [3.8, 4) is 0 Å². The predicted octanol–water partition coefficient (Wildman–Crippen LogP) is 2.35. The molecule has 0 aromatic heterocycles. The van der Waals surface area contributed by atoms with Crippen LogP contribution in [0.1, 0.15) is 18.6 Å². The van der Waals surface area contributed by atoms with Gasteiger partial charge in [-0.05, 0) is 12.5 Å². The van der Waals surface area contributed by atoms with Crippen LogP contribution >= 0.6 is 11.6 Å². The van der Waals surface area contributed by atoms with Gasteiger partial charge in [0.05, 0.1) is 11.5 Å². The Bertz CT molecular complexity index is 208. The van der Waals surface area contributed by atoms with Crippen LogP contribution in [0.3, 0.4) is 0 Å². The van der Waals surface area contributed by atoms with Crippen LogP contribution in [0, 0.1) is 0 Å². The summed E-state index contributed by atoms with van der Waals surface area (Å²) >= 11 is 5.71. The van der Waals surface area contributed by atoms with Crippen molar-refractivity contribution >= 4 is 11.6 Å². The van der Waals surface area contributed by atoms with E-state index in [1.807, 2.05) is 30.3 Å². The van der Waals surface area contributed by atoms with E-state index in [4.69, 9.17) is 11.6 Å². The summed E-state index contributed by atoms with van der Waals surface area (Å²) < 4.78 is 0. The van der Waals surface area contributed by atoms with Gasteiger partial charge in [-0.2, -0.15) is 0 Å². The van der Waals surface area contributed by atoms with E-state index in [-0.39, 0.29) is 5.38 Å². The van der Waals surface area contributed by atoms with Gasteiger partial charge in [0, 0.05) is 0 Å². The van der Waals surface area contributed by atoms with Crippen LogP contribution in [0.4, 0.5) is 0 Å². The molecule has 0 radical (unpaired) electrons. The van der Waals surface area contributed by atoms with Crippen LogP contribution < -0.4 is 0 Å². The molecule has 2 heteroatoms. The van der Waals surface area contributed by atoms with Crippen molar-refractivity contribution in [1.82, 2.24) is 0 Å². The Hall–Kier alpha value is -0.530. The molecule has 1 rings (SSSR count). The number of aliphatic hydroxyl groups excluding tert-OH is 1. The topological polar surface area (TPSA) is 20.2 Å². The molecule has 0 aliphatic heterocycles. The van der Waals surface area contributed by atoms with E-state index in [1.54, 1.807) is 6.92 Å². The molecule has 0 spiro atoms. The number of hydrogen-bond acceptors (Lipinski definition) is 1. The molecule has 0 heterocycles. The standard InChI is InChI=1S/C9H11ClO/c1-7(10)9(11)8-5-3-2-4-6-8/h2-7,9,11H,1H3/t7-,9+/m1/s1. The molecular weight excluding hydrogens is 160 g/mol. The zero-order chi connectivity index (χ0) is 8.27. The first-order valence-corrected chi connectivity index (χ1v) is 4.02. The van der Waals surface area contributed by atoms with Gasteiger partial charge in [-0.25, -0.2) is 0 Å². The highest BCUT2D eigenvalue weighted by atomic mass is 35.5. The lowest BCUT2D eigenvalue weighted by Gasteiger charge is -2.12. The minimum Gasteiger partial charge on any atom is -0.387 e. The van der Waals surface area contributed by atoms with Gasteiger partial charge >= 0.3 is 0 Å². The Kier molecular flexibility index (Phi) is 2.92. The molecular formula is C9H11ClO. The number of aliphatic hydroxyl groups is 1. The number of halogens is 1. The summed E-state index contributed by atoms with van der Waals surface area (Å²) in [6.07, 6.45) is -0.558. The zero-order valence-electron chi connectivity index (χ0n) is 6.37. The predicted molar refractivity (Wildman–Crippen MR) is 46.7 cm³/mol. The lowest BCUT2D eigenvalue weighted by molar-refractivity contribution is 0.177. The third-order valence-electron chi connectivity index (χ3n) is 1.58. The second kappa shape index (κ2) is 3.74. The summed E-state index contributed by atoms with van der Waals surface area (Å²) in [7, 11) is 0. The van der Waals surface area contributed by atoms with Gasteiger partial charge in [-0.15, -0.1) is 11.6 Å². The summed E-state index contributed by atoms with van der Waals surface area (Å²) in [6.45, 7) is 1.78. The summed E-state index contributed by atoms with van der Waals surface area (Å²) in [6, 6.07) is 9.41. The van der Waals surface area contributed by atoms with Gasteiger partial charge in [0.2, 0.25) is 0 Å². The highest BCUT2D eigenvalue weighted by Gasteiger charge is 2.11. The second-order valence-corrected chi connectivity index (χ2v) is 3.22. The first-order chi connectivity index (χ1) is 5.22. The second-order valence-electron chi connectivity index (χ2n) is 2.53. The summed E-state index contributed by atoms with van der Waals surface area (Å²) in [5, 5.41) is 9.23. The number of rotatable bonds is 2. The molecule has 60 valence electrons. The van der Waals surface area contributed by atoms with Crippen molar-refractivity contribution < 1.29 is 5.11 Å². The molecule has 0 unspecified atom stereocenters. The van der Waals surface area contributed by atoms with Crippen molar-refractivity contribution in [2.75, 3.05) is 0 Å². The van der Waals surface area contributed by atoms with Crippen LogP contribution in [0.2, 0.25) is 0 Å². The van der Waals surface area contributed by atoms with Gasteiger partial charge in [-0.3, -0.25) is 0 Å². The smallest absolute Gasteiger partial charge is 0.0950 e. The molecule has 0 fully saturated rings. The van der Waals surface area contributed by atoms with Crippen molar-refractivity contribution in [3.05, 3.63) is 35.9 Å². The Balaban J connectivity index is 2.77. The van der Waals surface area contributed by atoms with E-state index in [0.717, 1.165) is 5.56 Å². The summed E-state index contributed by atoms with van der Waals surface area (Å²) in [5.41, 5.74) is 0.870. The molecule has 2 atom stereocenters. The van der Waals surface area contributed by atoms with Crippen molar-refractivity contribution in [3.63, 3.8) is 0 Å². The van der Waals surface area contributed by atoms with E-state index in [1.165, 1.54) is 0 Å². The highest BCUT2D eigenvalue weighted by Crippen LogP contribution is 2.19. The van der Waals surface area contributed by atoms with Crippen LogP contribution in [0.25, 0.3) is 0 Å². The van der Waals surface area contributed by atoms with E-state index in [2.05, 4.69) is 0 Å². The average molecular weight is 171 g/mol. The SMILES string of the molecule is C[C@@H](Cl)[C@H](O)c1ccccc1. The first-order valence-electron chi connectivity index (χ1n) is 3.59. The minimum absolute atomic E-state index is 0.239. The fourth-order valence-electron chi connectivity index (χ4n) is 0.915. The lowest BCUT2D eigenvalue weighted by Crippen LogP contribution is -2.07. The van der Waals surface area contributed by atoms with E-state index in [0.29, 0.717) is 0 Å². The van der Waals surface area contributed by atoms with E-state index < -0.39 is 6.10 Å². The molecule has 0 amide bonds. The third kappa shape index (κ3) is 2.21. The fourth-order valence-corrected chi connectivity index (χ4v) is 1.06. The molecule has 1 aromatic rings. The Morgan fingerprint density at radius 2 is 1.82 bits per heavy atom. The average Bonchev–Trinajstić information content (AvgIpc) is 2.05.